The first-order valence-corrected chi connectivity index (χ1v) is 9.82. The lowest BCUT2D eigenvalue weighted by molar-refractivity contribution is -0.123. The standard InChI is InChI=1S/C21H26ClN3O2S/c1-12(2)16-10-17(22)14(4)9-19(16)27-11-20(26)24-25-21(28)23-18-8-6-7-13(3)15(18)5/h6-10,12H,11H2,1-5H3,(H,24,26)(H2,23,25,28). The van der Waals surface area contributed by atoms with E-state index in [-0.39, 0.29) is 18.4 Å². The quantitative estimate of drug-likeness (QED) is 0.480. The van der Waals surface area contributed by atoms with Crippen molar-refractivity contribution in [3.8, 4) is 5.75 Å². The number of carbonyl (C=O) groups is 1. The highest BCUT2D eigenvalue weighted by atomic mass is 35.5. The maximum atomic E-state index is 12.1. The number of thiocarbonyl (C=S) groups is 1. The summed E-state index contributed by atoms with van der Waals surface area (Å²) >= 11 is 11.4. The first-order valence-electron chi connectivity index (χ1n) is 9.04. The average molecular weight is 420 g/mol. The second-order valence-electron chi connectivity index (χ2n) is 6.96. The van der Waals surface area contributed by atoms with Crippen molar-refractivity contribution in [2.24, 2.45) is 0 Å². The Morgan fingerprint density at radius 1 is 1.14 bits per heavy atom. The molecule has 150 valence electrons. The lowest BCUT2D eigenvalue weighted by Crippen LogP contribution is -2.45. The van der Waals surface area contributed by atoms with Gasteiger partial charge in [0.2, 0.25) is 0 Å². The normalized spacial score (nSPS) is 10.5. The van der Waals surface area contributed by atoms with Gasteiger partial charge in [-0.05, 0) is 79.4 Å². The number of carbonyl (C=O) groups excluding carboxylic acids is 1. The molecule has 0 heterocycles. The van der Waals surface area contributed by atoms with Gasteiger partial charge in [0, 0.05) is 10.7 Å². The van der Waals surface area contributed by atoms with E-state index in [0.717, 1.165) is 27.9 Å². The minimum absolute atomic E-state index is 0.139. The van der Waals surface area contributed by atoms with E-state index in [1.807, 2.05) is 65.0 Å². The minimum atomic E-state index is -0.340. The molecule has 0 aliphatic rings. The van der Waals surface area contributed by atoms with Crippen LogP contribution in [0.3, 0.4) is 0 Å². The van der Waals surface area contributed by atoms with E-state index in [0.29, 0.717) is 15.9 Å². The van der Waals surface area contributed by atoms with Crippen molar-refractivity contribution in [2.45, 2.75) is 40.5 Å². The molecule has 2 rings (SSSR count). The summed E-state index contributed by atoms with van der Waals surface area (Å²) in [6.07, 6.45) is 0. The molecular weight excluding hydrogens is 394 g/mol. The zero-order chi connectivity index (χ0) is 20.8. The fraction of sp³-hybridized carbons (Fsp3) is 0.333. The van der Waals surface area contributed by atoms with E-state index >= 15 is 0 Å². The molecule has 5 nitrogen and oxygen atoms in total. The smallest absolute Gasteiger partial charge is 0.276 e. The highest BCUT2D eigenvalue weighted by Crippen LogP contribution is 2.31. The van der Waals surface area contributed by atoms with Gasteiger partial charge in [-0.1, -0.05) is 37.6 Å². The van der Waals surface area contributed by atoms with Crippen molar-refractivity contribution in [3.63, 3.8) is 0 Å². The van der Waals surface area contributed by atoms with Crippen molar-refractivity contribution in [3.05, 3.63) is 57.6 Å². The van der Waals surface area contributed by atoms with Gasteiger partial charge in [0.15, 0.2) is 11.7 Å². The summed E-state index contributed by atoms with van der Waals surface area (Å²) in [6, 6.07) is 9.64. The largest absolute Gasteiger partial charge is 0.483 e. The molecule has 7 heteroatoms. The Hall–Kier alpha value is -2.31. The number of benzene rings is 2. The number of hydrazine groups is 1. The van der Waals surface area contributed by atoms with Gasteiger partial charge in [-0.15, -0.1) is 0 Å². The summed E-state index contributed by atoms with van der Waals surface area (Å²) < 4.78 is 5.71. The third kappa shape index (κ3) is 5.84. The summed E-state index contributed by atoms with van der Waals surface area (Å²) in [5, 5.41) is 4.05. The molecule has 0 radical (unpaired) electrons. The molecule has 0 aromatic heterocycles. The molecule has 0 saturated heterocycles. The number of rotatable bonds is 5. The van der Waals surface area contributed by atoms with E-state index in [4.69, 9.17) is 28.6 Å². The van der Waals surface area contributed by atoms with Crippen LogP contribution >= 0.6 is 23.8 Å². The van der Waals surface area contributed by atoms with Crippen molar-refractivity contribution in [2.75, 3.05) is 11.9 Å². The molecule has 0 bridgehead atoms. The highest BCUT2D eigenvalue weighted by molar-refractivity contribution is 7.80. The lowest BCUT2D eigenvalue weighted by Gasteiger charge is -2.17. The number of anilines is 1. The molecule has 0 aliphatic carbocycles. The Labute approximate surface area is 176 Å². The highest BCUT2D eigenvalue weighted by Gasteiger charge is 2.13. The maximum Gasteiger partial charge on any atom is 0.276 e. The van der Waals surface area contributed by atoms with Gasteiger partial charge < -0.3 is 10.1 Å². The van der Waals surface area contributed by atoms with Gasteiger partial charge >= 0.3 is 0 Å². The monoisotopic (exact) mass is 419 g/mol. The molecule has 28 heavy (non-hydrogen) atoms. The number of nitrogens with one attached hydrogen (secondary N) is 3. The van der Waals surface area contributed by atoms with Crippen LogP contribution in [0.25, 0.3) is 0 Å². The van der Waals surface area contributed by atoms with Crippen LogP contribution < -0.4 is 20.9 Å². The molecular formula is C21H26ClN3O2S. The van der Waals surface area contributed by atoms with Gasteiger partial charge in [0.05, 0.1) is 0 Å². The van der Waals surface area contributed by atoms with Gasteiger partial charge in [0.1, 0.15) is 5.75 Å². The van der Waals surface area contributed by atoms with Crippen LogP contribution in [0.15, 0.2) is 30.3 Å². The van der Waals surface area contributed by atoms with E-state index < -0.39 is 0 Å². The Bertz CT molecular complexity index is 884. The second-order valence-corrected chi connectivity index (χ2v) is 7.77. The number of hydrogen-bond acceptors (Lipinski definition) is 3. The molecule has 0 unspecified atom stereocenters. The molecule has 2 aromatic carbocycles. The van der Waals surface area contributed by atoms with Crippen molar-refractivity contribution in [1.29, 1.82) is 0 Å². The molecule has 1 amide bonds. The first-order chi connectivity index (χ1) is 13.2. The van der Waals surface area contributed by atoms with E-state index in [2.05, 4.69) is 16.2 Å². The van der Waals surface area contributed by atoms with Crippen LogP contribution in [0, 0.1) is 20.8 Å². The van der Waals surface area contributed by atoms with Gasteiger partial charge in [-0.25, -0.2) is 0 Å². The molecule has 0 atom stereocenters. The fourth-order valence-electron chi connectivity index (χ4n) is 2.59. The Balaban J connectivity index is 1.89. The third-order valence-corrected chi connectivity index (χ3v) is 5.05. The van der Waals surface area contributed by atoms with Crippen LogP contribution in [0.4, 0.5) is 5.69 Å². The van der Waals surface area contributed by atoms with Gasteiger partial charge in [-0.2, -0.15) is 0 Å². The van der Waals surface area contributed by atoms with E-state index in [1.165, 1.54) is 0 Å². The predicted octanol–water partition coefficient (Wildman–Crippen LogP) is 4.79. The summed E-state index contributed by atoms with van der Waals surface area (Å²) in [5.74, 6) is 0.541. The van der Waals surface area contributed by atoms with Crippen LogP contribution in [0.2, 0.25) is 5.02 Å². The average Bonchev–Trinajstić information content (AvgIpc) is 2.64. The second kappa shape index (κ2) is 9.75. The summed E-state index contributed by atoms with van der Waals surface area (Å²) in [6.45, 7) is 9.89. The van der Waals surface area contributed by atoms with Crippen LogP contribution in [-0.4, -0.2) is 17.6 Å². The van der Waals surface area contributed by atoms with Crippen LogP contribution in [0.5, 0.6) is 5.75 Å². The third-order valence-electron chi connectivity index (χ3n) is 4.44. The number of halogens is 1. The summed E-state index contributed by atoms with van der Waals surface area (Å²) in [7, 11) is 0. The molecule has 3 N–H and O–H groups in total. The minimum Gasteiger partial charge on any atom is -0.483 e. The summed E-state index contributed by atoms with van der Waals surface area (Å²) in [4.78, 5) is 12.1. The van der Waals surface area contributed by atoms with Crippen molar-refractivity contribution in [1.82, 2.24) is 10.9 Å². The predicted molar refractivity (Wildman–Crippen MR) is 119 cm³/mol. The molecule has 0 saturated carbocycles. The van der Waals surface area contributed by atoms with Crippen LogP contribution in [0.1, 0.15) is 42.0 Å². The van der Waals surface area contributed by atoms with E-state index in [1.54, 1.807) is 0 Å². The van der Waals surface area contributed by atoms with Gasteiger partial charge in [0.25, 0.3) is 5.91 Å². The topological polar surface area (TPSA) is 62.4 Å². The van der Waals surface area contributed by atoms with Gasteiger partial charge in [-0.3, -0.25) is 15.6 Å². The molecule has 2 aromatic rings. The Morgan fingerprint density at radius 3 is 2.54 bits per heavy atom. The number of aryl methyl sites for hydroxylation is 2. The molecule has 0 spiro atoms. The van der Waals surface area contributed by atoms with Crippen LogP contribution in [-0.2, 0) is 4.79 Å². The first kappa shape index (κ1) is 22.0. The maximum absolute atomic E-state index is 12.1. The molecule has 0 fully saturated rings. The number of amides is 1. The zero-order valence-electron chi connectivity index (χ0n) is 16.8. The van der Waals surface area contributed by atoms with Crippen molar-refractivity contribution < 1.29 is 9.53 Å². The zero-order valence-corrected chi connectivity index (χ0v) is 18.3. The van der Waals surface area contributed by atoms with Crippen molar-refractivity contribution >= 4 is 40.5 Å². The Kier molecular flexibility index (Phi) is 7.66. The Morgan fingerprint density at radius 2 is 1.86 bits per heavy atom. The van der Waals surface area contributed by atoms with E-state index in [9.17, 15) is 4.79 Å². The SMILES string of the molecule is Cc1cc(OCC(=O)NNC(=S)Nc2cccc(C)c2C)c(C(C)C)cc1Cl. The summed E-state index contributed by atoms with van der Waals surface area (Å²) in [5.41, 5.74) is 10.2. The lowest BCUT2D eigenvalue weighted by atomic mass is 10.0. The number of hydrogen-bond donors (Lipinski definition) is 3. The fourth-order valence-corrected chi connectivity index (χ4v) is 2.93. The molecule has 0 aliphatic heterocycles. The number of ether oxygens (including phenoxy) is 1.